The molecule has 48 heavy (non-hydrogen) atoms. The quantitative estimate of drug-likeness (QED) is 0.240. The molecule has 0 atom stereocenters. The maximum Gasteiger partial charge on any atom is -0.0533 e. The molecule has 16 fully saturated rings. The van der Waals surface area contributed by atoms with Gasteiger partial charge >= 0.3 is 0 Å². The molecule has 0 N–H and O–H groups in total. The molecule has 16 rings (SSSR count). The normalized spacial score (nSPS) is 24.0. The Hall–Kier alpha value is 0. The first-order valence-electron chi connectivity index (χ1n) is 24.0. The van der Waals surface area contributed by atoms with Crippen LogP contribution in [-0.4, -0.2) is 0 Å². The molecule has 16 saturated carbocycles. The highest BCUT2D eigenvalue weighted by Gasteiger charge is 1.99. The van der Waals surface area contributed by atoms with E-state index in [1.165, 1.54) is 308 Å². The van der Waals surface area contributed by atoms with Crippen molar-refractivity contribution < 1.29 is 0 Å². The summed E-state index contributed by atoms with van der Waals surface area (Å²) in [5.41, 5.74) is 0. The Morgan fingerprint density at radius 3 is 0.0625 bits per heavy atom. The second-order valence-electron chi connectivity index (χ2n) is 17.0. The Balaban J connectivity index is 0.000000256. The van der Waals surface area contributed by atoms with Gasteiger partial charge in [-0.3, -0.25) is 0 Å². The molecule has 0 nitrogen and oxygen atoms in total. The van der Waals surface area contributed by atoms with Gasteiger partial charge in [0.25, 0.3) is 0 Å². The van der Waals surface area contributed by atoms with Crippen LogP contribution < -0.4 is 0 Å². The van der Waals surface area contributed by atoms with Crippen molar-refractivity contribution in [3.05, 3.63) is 0 Å². The van der Waals surface area contributed by atoms with Crippen molar-refractivity contribution in [2.45, 2.75) is 308 Å². The van der Waals surface area contributed by atoms with Crippen LogP contribution in [-0.2, 0) is 0 Å². The lowest BCUT2D eigenvalue weighted by Crippen LogP contribution is -0.856. The highest BCUT2D eigenvalue weighted by Crippen LogP contribution is 2.19. The van der Waals surface area contributed by atoms with E-state index in [2.05, 4.69) is 0 Å². The molecule has 0 aromatic heterocycles. The van der Waals surface area contributed by atoms with Crippen LogP contribution >= 0.6 is 0 Å². The van der Waals surface area contributed by atoms with Crippen molar-refractivity contribution in [2.24, 2.45) is 0 Å². The number of rotatable bonds is 0. The highest BCUT2D eigenvalue weighted by atomic mass is 14.1. The summed E-state index contributed by atoms with van der Waals surface area (Å²) < 4.78 is 0. The maximum atomic E-state index is 1.50. The first-order chi connectivity index (χ1) is 24.0. The molecular formula is C48H96. The molecule has 0 saturated heterocycles. The van der Waals surface area contributed by atoms with Crippen molar-refractivity contribution in [3.8, 4) is 0 Å². The van der Waals surface area contributed by atoms with Crippen molar-refractivity contribution in [3.63, 3.8) is 0 Å². The third-order valence-corrected chi connectivity index (χ3v) is 5.66. The smallest absolute Gasteiger partial charge is 0.0533 e. The summed E-state index contributed by atoms with van der Waals surface area (Å²) in [4.78, 5) is 0. The Labute approximate surface area is 307 Å². The minimum atomic E-state index is 1.50. The molecule has 0 bridgehead atoms. The second-order valence-corrected chi connectivity index (χ2v) is 17.0. The molecule has 0 aliphatic heterocycles. The Kier molecular flexibility index (Phi) is 41.4. The van der Waals surface area contributed by atoms with E-state index in [1.54, 1.807) is 0 Å². The molecule has 16 aliphatic carbocycles. The number of hydrogen-bond acceptors (Lipinski definition) is 0. The van der Waals surface area contributed by atoms with Crippen LogP contribution in [0.25, 0.3) is 0 Å². The van der Waals surface area contributed by atoms with Crippen molar-refractivity contribution >= 4 is 0 Å². The molecular weight excluding hydrogens is 577 g/mol. The molecule has 0 aromatic carbocycles. The fraction of sp³-hybridized carbons (Fsp3) is 1.00. The van der Waals surface area contributed by atoms with Crippen LogP contribution in [0.5, 0.6) is 0 Å². The molecule has 0 aromatic rings. The second kappa shape index (κ2) is 43.2. The molecule has 0 amide bonds. The zero-order chi connectivity index (χ0) is 33.9. The van der Waals surface area contributed by atoms with Gasteiger partial charge in [0.15, 0.2) is 0 Å². The summed E-state index contributed by atoms with van der Waals surface area (Å²) in [6, 6.07) is 0. The van der Waals surface area contributed by atoms with Gasteiger partial charge in [-0.05, 0) is 0 Å². The Morgan fingerprint density at radius 1 is 0.0417 bits per heavy atom. The fourth-order valence-electron chi connectivity index (χ4n) is 0. The summed E-state index contributed by atoms with van der Waals surface area (Å²) in [7, 11) is 0. The van der Waals surface area contributed by atoms with Gasteiger partial charge in [0.1, 0.15) is 0 Å². The summed E-state index contributed by atoms with van der Waals surface area (Å²) in [6.45, 7) is 0. The molecule has 0 radical (unpaired) electrons. The van der Waals surface area contributed by atoms with Gasteiger partial charge in [0, 0.05) is 0 Å². The van der Waals surface area contributed by atoms with Crippen molar-refractivity contribution in [2.75, 3.05) is 0 Å². The maximum absolute atomic E-state index is 1.50. The Morgan fingerprint density at radius 2 is 0.0625 bits per heavy atom. The minimum Gasteiger partial charge on any atom is -0.0533 e. The highest BCUT2D eigenvalue weighted by molar-refractivity contribution is 4.55. The molecule has 0 heterocycles. The minimum absolute atomic E-state index is 1.50. The predicted molar refractivity (Wildman–Crippen MR) is 222 cm³/mol. The fourth-order valence-corrected chi connectivity index (χ4v) is 0. The summed E-state index contributed by atoms with van der Waals surface area (Å²) >= 11 is 0. The van der Waals surface area contributed by atoms with Gasteiger partial charge in [-0.2, -0.15) is 0 Å². The van der Waals surface area contributed by atoms with E-state index < -0.39 is 0 Å². The van der Waals surface area contributed by atoms with Crippen LogP contribution in [0.1, 0.15) is 308 Å². The zero-order valence-electron chi connectivity index (χ0n) is 33.9. The first kappa shape index (κ1) is 46.0. The SMILES string of the molecule is C1CC1.C1CC1.C1CC1.C1CC1.C1CC1.C1CC1.C1CC1.C1CC1.C1CC1.C1CC1.C1CC1.C1CC1.C1CC1.C1CC1.C1CC1.C1CC1. The van der Waals surface area contributed by atoms with E-state index in [9.17, 15) is 0 Å². The summed E-state index contributed by atoms with van der Waals surface area (Å²) in [5, 5.41) is 0. The van der Waals surface area contributed by atoms with E-state index in [1.807, 2.05) is 0 Å². The van der Waals surface area contributed by atoms with E-state index in [0.717, 1.165) is 0 Å². The largest absolute Gasteiger partial charge is 0.0533 e. The lowest BCUT2D eigenvalue weighted by atomic mass is 11.0. The van der Waals surface area contributed by atoms with Crippen molar-refractivity contribution in [1.82, 2.24) is 0 Å². The first-order valence-corrected chi connectivity index (χ1v) is 24.0. The monoisotopic (exact) mass is 673 g/mol. The van der Waals surface area contributed by atoms with Crippen LogP contribution in [0.4, 0.5) is 0 Å². The molecule has 0 spiro atoms. The van der Waals surface area contributed by atoms with Crippen LogP contribution in [0.3, 0.4) is 0 Å². The zero-order valence-corrected chi connectivity index (χ0v) is 33.9. The molecule has 0 unspecified atom stereocenters. The Bertz CT molecular complexity index is 268. The molecule has 288 valence electrons. The van der Waals surface area contributed by atoms with Gasteiger partial charge in [0.05, 0.1) is 0 Å². The van der Waals surface area contributed by atoms with E-state index in [0.29, 0.717) is 0 Å². The molecule has 16 aliphatic rings. The third-order valence-electron chi connectivity index (χ3n) is 5.66. The third kappa shape index (κ3) is 364. The van der Waals surface area contributed by atoms with E-state index in [-0.39, 0.29) is 0 Å². The standard InChI is InChI=1S/16C3H6/c16*1-2-3-1/h16*1-3H2. The van der Waals surface area contributed by atoms with Crippen LogP contribution in [0.2, 0.25) is 0 Å². The summed E-state index contributed by atoms with van der Waals surface area (Å²) in [5.74, 6) is 0. The van der Waals surface area contributed by atoms with Gasteiger partial charge in [0.2, 0.25) is 0 Å². The van der Waals surface area contributed by atoms with Crippen LogP contribution in [0.15, 0.2) is 0 Å². The van der Waals surface area contributed by atoms with Gasteiger partial charge in [-0.25, -0.2) is 0 Å². The van der Waals surface area contributed by atoms with Crippen molar-refractivity contribution in [1.29, 1.82) is 0 Å². The lowest BCUT2D eigenvalue weighted by molar-refractivity contribution is 1.50. The molecule has 0 heteroatoms. The van der Waals surface area contributed by atoms with E-state index in [4.69, 9.17) is 0 Å². The van der Waals surface area contributed by atoms with E-state index >= 15 is 0 Å². The number of hydrogen-bond donors (Lipinski definition) is 0. The average Bonchev–Trinajstić information content (AvgIpc) is 4.08. The van der Waals surface area contributed by atoms with Crippen LogP contribution in [0, 0.1) is 0 Å². The predicted octanol–water partition coefficient (Wildman–Crippen LogP) is 18.7. The average molecular weight is 673 g/mol. The van der Waals surface area contributed by atoms with Gasteiger partial charge in [-0.1, -0.05) is 308 Å². The lowest BCUT2D eigenvalue weighted by Gasteiger charge is -1.05. The van der Waals surface area contributed by atoms with Gasteiger partial charge in [-0.15, -0.1) is 0 Å². The summed E-state index contributed by atoms with van der Waals surface area (Å²) in [6.07, 6.45) is 72.0. The van der Waals surface area contributed by atoms with Gasteiger partial charge < -0.3 is 0 Å². The topological polar surface area (TPSA) is 0 Å².